The third kappa shape index (κ3) is 4.70. The topological polar surface area (TPSA) is 26.0 Å². The molecule has 0 spiro atoms. The first-order valence-corrected chi connectivity index (χ1v) is 7.26. The van der Waals surface area contributed by atoms with Crippen LogP contribution in [0.15, 0.2) is 0 Å². The van der Waals surface area contributed by atoms with Crippen LogP contribution in [-0.2, 0) is 0 Å². The van der Waals surface area contributed by atoms with E-state index in [1.54, 1.807) is 0 Å². The van der Waals surface area contributed by atoms with E-state index in [4.69, 9.17) is 5.73 Å². The van der Waals surface area contributed by atoms with Crippen LogP contribution in [0.3, 0.4) is 0 Å². The van der Waals surface area contributed by atoms with Gasteiger partial charge >= 0.3 is 0 Å². The van der Waals surface area contributed by atoms with Gasteiger partial charge in [-0.1, -0.05) is 39.0 Å². The normalized spacial score (nSPS) is 24.0. The van der Waals surface area contributed by atoms with Gasteiger partial charge in [-0.3, -0.25) is 0 Å². The van der Waals surface area contributed by atoms with Gasteiger partial charge in [0.05, 0.1) is 0 Å². The summed E-state index contributed by atoms with van der Waals surface area (Å²) in [4.78, 5) is 0. The van der Waals surface area contributed by atoms with Gasteiger partial charge in [-0.15, -0.1) is 0 Å². The Morgan fingerprint density at radius 3 is 2.71 bits per heavy atom. The molecule has 0 aromatic carbocycles. The molecule has 1 nitrogen and oxygen atoms in total. The first-order chi connectivity index (χ1) is 6.84. The fourth-order valence-corrected chi connectivity index (χ4v) is 3.46. The van der Waals surface area contributed by atoms with Crippen molar-refractivity contribution in [3.05, 3.63) is 0 Å². The highest BCUT2D eigenvalue weighted by Gasteiger charge is 2.21. The predicted octanol–water partition coefficient (Wildman–Crippen LogP) is 3.57. The summed E-state index contributed by atoms with van der Waals surface area (Å²) in [6.07, 6.45) is 10.9. The second kappa shape index (κ2) is 7.58. The molecule has 14 heavy (non-hydrogen) atoms. The highest BCUT2D eigenvalue weighted by Crippen LogP contribution is 2.29. The third-order valence-electron chi connectivity index (χ3n) is 3.08. The lowest BCUT2D eigenvalue weighted by Gasteiger charge is -2.17. The molecule has 0 radical (unpaired) electrons. The minimum Gasteiger partial charge on any atom is -0.327 e. The fourth-order valence-electron chi connectivity index (χ4n) is 2.11. The van der Waals surface area contributed by atoms with Gasteiger partial charge in [0.25, 0.3) is 0 Å². The molecule has 0 amide bonds. The van der Waals surface area contributed by atoms with Crippen molar-refractivity contribution in [1.29, 1.82) is 0 Å². The summed E-state index contributed by atoms with van der Waals surface area (Å²) in [6, 6.07) is 0.476. The van der Waals surface area contributed by atoms with E-state index in [0.29, 0.717) is 6.04 Å². The van der Waals surface area contributed by atoms with Gasteiger partial charge in [-0.25, -0.2) is 0 Å². The van der Waals surface area contributed by atoms with Gasteiger partial charge in [0, 0.05) is 11.3 Å². The van der Waals surface area contributed by atoms with Crippen molar-refractivity contribution in [2.75, 3.05) is 5.75 Å². The van der Waals surface area contributed by atoms with E-state index in [-0.39, 0.29) is 0 Å². The zero-order chi connectivity index (χ0) is 10.2. The van der Waals surface area contributed by atoms with E-state index in [1.165, 1.54) is 57.1 Å². The molecule has 0 bridgehead atoms. The van der Waals surface area contributed by atoms with Crippen LogP contribution in [-0.4, -0.2) is 17.0 Å². The Kier molecular flexibility index (Phi) is 6.70. The van der Waals surface area contributed by atoms with E-state index in [9.17, 15) is 0 Å². The van der Waals surface area contributed by atoms with Crippen molar-refractivity contribution >= 4 is 11.8 Å². The molecule has 0 saturated carbocycles. The molecule has 2 unspecified atom stereocenters. The van der Waals surface area contributed by atoms with Crippen molar-refractivity contribution < 1.29 is 0 Å². The van der Waals surface area contributed by atoms with E-state index in [1.807, 2.05) is 0 Å². The summed E-state index contributed by atoms with van der Waals surface area (Å²) in [5.41, 5.74) is 6.17. The van der Waals surface area contributed by atoms with Gasteiger partial charge in [0.1, 0.15) is 0 Å². The quantitative estimate of drug-likeness (QED) is 0.657. The Bertz CT molecular complexity index is 132. The van der Waals surface area contributed by atoms with Gasteiger partial charge < -0.3 is 5.73 Å². The van der Waals surface area contributed by atoms with Crippen LogP contribution < -0.4 is 5.73 Å². The standard InChI is InChI=1S/C12H25NS/c1-2-3-4-5-6-8-11(13)12-9-7-10-14-12/h11-12H,2-10,13H2,1H3. The smallest absolute Gasteiger partial charge is 0.0199 e. The number of nitrogens with two attached hydrogens (primary N) is 1. The summed E-state index contributed by atoms with van der Waals surface area (Å²) in [6.45, 7) is 2.26. The molecule has 1 fully saturated rings. The number of hydrogen-bond acceptors (Lipinski definition) is 2. The maximum absolute atomic E-state index is 6.17. The first-order valence-electron chi connectivity index (χ1n) is 6.21. The Morgan fingerprint density at radius 2 is 2.07 bits per heavy atom. The van der Waals surface area contributed by atoms with Crippen molar-refractivity contribution in [2.24, 2.45) is 5.73 Å². The van der Waals surface area contributed by atoms with Gasteiger partial charge in [-0.2, -0.15) is 11.8 Å². The molecule has 84 valence electrons. The van der Waals surface area contributed by atoms with Gasteiger partial charge in [0.15, 0.2) is 0 Å². The molecule has 1 aliphatic heterocycles. The van der Waals surface area contributed by atoms with E-state index >= 15 is 0 Å². The average molecular weight is 215 g/mol. The monoisotopic (exact) mass is 215 g/mol. The number of hydrogen-bond donors (Lipinski definition) is 1. The van der Waals surface area contributed by atoms with Crippen LogP contribution in [0.2, 0.25) is 0 Å². The van der Waals surface area contributed by atoms with Crippen LogP contribution in [0, 0.1) is 0 Å². The Morgan fingerprint density at radius 1 is 1.29 bits per heavy atom. The molecular formula is C12H25NS. The predicted molar refractivity (Wildman–Crippen MR) is 66.8 cm³/mol. The lowest BCUT2D eigenvalue weighted by atomic mass is 10.0. The minimum atomic E-state index is 0.476. The maximum atomic E-state index is 6.17. The molecule has 2 heteroatoms. The number of rotatable bonds is 7. The molecule has 0 aromatic heterocycles. The van der Waals surface area contributed by atoms with Crippen molar-refractivity contribution in [3.63, 3.8) is 0 Å². The second-order valence-electron chi connectivity index (χ2n) is 4.42. The maximum Gasteiger partial charge on any atom is 0.0199 e. The van der Waals surface area contributed by atoms with Crippen LogP contribution in [0.5, 0.6) is 0 Å². The summed E-state index contributed by atoms with van der Waals surface area (Å²) in [5.74, 6) is 1.34. The number of unbranched alkanes of at least 4 members (excludes halogenated alkanes) is 4. The largest absolute Gasteiger partial charge is 0.327 e. The molecule has 1 heterocycles. The molecular weight excluding hydrogens is 190 g/mol. The second-order valence-corrected chi connectivity index (χ2v) is 5.77. The zero-order valence-corrected chi connectivity index (χ0v) is 10.3. The van der Waals surface area contributed by atoms with E-state index < -0.39 is 0 Å². The lowest BCUT2D eigenvalue weighted by Crippen LogP contribution is -2.30. The molecule has 2 atom stereocenters. The molecule has 0 aromatic rings. The molecule has 1 rings (SSSR count). The summed E-state index contributed by atoms with van der Waals surface area (Å²) in [5, 5.41) is 0.779. The van der Waals surface area contributed by atoms with Crippen LogP contribution in [0.1, 0.15) is 58.3 Å². The fraction of sp³-hybridized carbons (Fsp3) is 1.00. The lowest BCUT2D eigenvalue weighted by molar-refractivity contribution is 0.519. The SMILES string of the molecule is CCCCCCCC(N)C1CCCS1. The molecule has 1 saturated heterocycles. The van der Waals surface area contributed by atoms with Crippen molar-refractivity contribution in [3.8, 4) is 0 Å². The Hall–Kier alpha value is 0.310. The molecule has 2 N–H and O–H groups in total. The number of thioether (sulfide) groups is 1. The molecule has 1 aliphatic rings. The van der Waals surface area contributed by atoms with Crippen molar-refractivity contribution in [2.45, 2.75) is 69.6 Å². The third-order valence-corrected chi connectivity index (χ3v) is 4.62. The van der Waals surface area contributed by atoms with Gasteiger partial charge in [-0.05, 0) is 25.0 Å². The first kappa shape index (κ1) is 12.4. The highest BCUT2D eigenvalue weighted by molar-refractivity contribution is 8.00. The zero-order valence-electron chi connectivity index (χ0n) is 9.50. The average Bonchev–Trinajstić information content (AvgIpc) is 2.70. The Balaban J connectivity index is 1.94. The van der Waals surface area contributed by atoms with Crippen LogP contribution >= 0.6 is 11.8 Å². The van der Waals surface area contributed by atoms with Crippen LogP contribution in [0.25, 0.3) is 0 Å². The summed E-state index contributed by atoms with van der Waals surface area (Å²) in [7, 11) is 0. The Labute approximate surface area is 93.2 Å². The van der Waals surface area contributed by atoms with Gasteiger partial charge in [0.2, 0.25) is 0 Å². The van der Waals surface area contributed by atoms with E-state index in [0.717, 1.165) is 5.25 Å². The summed E-state index contributed by atoms with van der Waals surface area (Å²) >= 11 is 2.09. The van der Waals surface area contributed by atoms with E-state index in [2.05, 4.69) is 18.7 Å². The van der Waals surface area contributed by atoms with Crippen molar-refractivity contribution in [1.82, 2.24) is 0 Å². The van der Waals surface area contributed by atoms with Crippen LogP contribution in [0.4, 0.5) is 0 Å². The highest BCUT2D eigenvalue weighted by atomic mass is 32.2. The summed E-state index contributed by atoms with van der Waals surface area (Å²) < 4.78 is 0. The minimum absolute atomic E-state index is 0.476. The molecule has 0 aliphatic carbocycles.